The number of methoxy groups -OCH3 is 2. The van der Waals surface area contributed by atoms with E-state index in [1.54, 1.807) is 26.0 Å². The van der Waals surface area contributed by atoms with Crippen LogP contribution in [0, 0.1) is 6.92 Å². The van der Waals surface area contributed by atoms with Gasteiger partial charge in [-0.05, 0) is 52.2 Å². The number of nitrogens with zero attached hydrogens (tertiary/aromatic N) is 3. The minimum absolute atomic E-state index is 0.697. The number of halogens is 1. The monoisotopic (exact) mass is 443 g/mol. The first-order valence-corrected chi connectivity index (χ1v) is 10.2. The summed E-state index contributed by atoms with van der Waals surface area (Å²) in [4.78, 5) is 0. The molecule has 0 aliphatic rings. The molecule has 4 rings (SSSR count). The highest BCUT2D eigenvalue weighted by Crippen LogP contribution is 2.39. The fraction of sp³-hybridized carbons (Fsp3) is 0.200. The van der Waals surface area contributed by atoms with Gasteiger partial charge in [-0.15, -0.1) is 10.2 Å². The van der Waals surface area contributed by atoms with Crippen LogP contribution in [0.5, 0.6) is 11.5 Å². The van der Waals surface area contributed by atoms with Crippen molar-refractivity contribution in [3.8, 4) is 11.5 Å². The molecule has 27 heavy (non-hydrogen) atoms. The minimum Gasteiger partial charge on any atom is -0.493 e. The maximum absolute atomic E-state index is 5.47. The van der Waals surface area contributed by atoms with Crippen molar-refractivity contribution in [3.63, 3.8) is 0 Å². The Morgan fingerprint density at radius 1 is 1.07 bits per heavy atom. The highest BCUT2D eigenvalue weighted by molar-refractivity contribution is 9.10. The van der Waals surface area contributed by atoms with Crippen LogP contribution in [0.2, 0.25) is 0 Å². The Hall–Kier alpha value is -2.25. The summed E-state index contributed by atoms with van der Waals surface area (Å²) in [6, 6.07) is 14.4. The predicted molar refractivity (Wildman–Crippen MR) is 112 cm³/mol. The van der Waals surface area contributed by atoms with Crippen LogP contribution in [0.1, 0.15) is 11.1 Å². The summed E-state index contributed by atoms with van der Waals surface area (Å²) in [5.74, 6) is 2.12. The summed E-state index contributed by atoms with van der Waals surface area (Å²) in [6.45, 7) is 2.10. The molecular formula is C20H18BrN3O2S. The Balaban J connectivity index is 1.72. The number of pyridine rings is 1. The molecule has 0 fully saturated rings. The van der Waals surface area contributed by atoms with Gasteiger partial charge in [0, 0.05) is 11.1 Å². The quantitative estimate of drug-likeness (QED) is 0.393. The first-order chi connectivity index (χ1) is 13.1. The number of aromatic nitrogens is 3. The van der Waals surface area contributed by atoms with Crippen LogP contribution in [0.15, 0.2) is 52.1 Å². The average molecular weight is 444 g/mol. The number of fused-ring (bicyclic) bond motifs is 3. The first-order valence-electron chi connectivity index (χ1n) is 8.39. The van der Waals surface area contributed by atoms with Gasteiger partial charge in [0.05, 0.1) is 24.2 Å². The molecule has 0 radical (unpaired) electrons. The van der Waals surface area contributed by atoms with Crippen molar-refractivity contribution in [2.75, 3.05) is 14.2 Å². The molecule has 0 saturated carbocycles. The lowest BCUT2D eigenvalue weighted by atomic mass is 10.1. The van der Waals surface area contributed by atoms with Crippen LogP contribution >= 0.6 is 27.7 Å². The Morgan fingerprint density at radius 3 is 2.67 bits per heavy atom. The van der Waals surface area contributed by atoms with Gasteiger partial charge in [-0.1, -0.05) is 36.0 Å². The predicted octanol–water partition coefficient (Wildman–Crippen LogP) is 5.26. The third-order valence-corrected chi connectivity index (χ3v) is 6.34. The van der Waals surface area contributed by atoms with Gasteiger partial charge in [-0.3, -0.25) is 4.40 Å². The highest BCUT2D eigenvalue weighted by atomic mass is 79.9. The van der Waals surface area contributed by atoms with E-state index in [9.17, 15) is 0 Å². The molecular weight excluding hydrogens is 426 g/mol. The summed E-state index contributed by atoms with van der Waals surface area (Å²) in [5.41, 5.74) is 4.28. The summed E-state index contributed by atoms with van der Waals surface area (Å²) >= 11 is 5.28. The largest absolute Gasteiger partial charge is 0.493 e. The van der Waals surface area contributed by atoms with Crippen molar-refractivity contribution in [1.29, 1.82) is 0 Å². The fourth-order valence-corrected chi connectivity index (χ4v) is 4.91. The molecule has 0 aliphatic heterocycles. The number of para-hydroxylation sites is 1. The molecule has 4 aromatic rings. The molecule has 2 heterocycles. The number of rotatable bonds is 5. The molecule has 0 spiro atoms. The normalized spacial score (nSPS) is 11.3. The van der Waals surface area contributed by atoms with E-state index in [0.717, 1.165) is 32.1 Å². The van der Waals surface area contributed by atoms with Crippen molar-refractivity contribution in [1.82, 2.24) is 14.6 Å². The maximum Gasteiger partial charge on any atom is 0.196 e. The Morgan fingerprint density at radius 2 is 1.89 bits per heavy atom. The van der Waals surface area contributed by atoms with Gasteiger partial charge in [0.1, 0.15) is 0 Å². The minimum atomic E-state index is 0.697. The zero-order chi connectivity index (χ0) is 19.0. The van der Waals surface area contributed by atoms with Crippen molar-refractivity contribution < 1.29 is 9.47 Å². The van der Waals surface area contributed by atoms with Crippen LogP contribution in [-0.4, -0.2) is 28.8 Å². The number of thioether (sulfide) groups is 1. The van der Waals surface area contributed by atoms with Gasteiger partial charge in [0.25, 0.3) is 0 Å². The maximum atomic E-state index is 5.47. The number of hydrogen-bond acceptors (Lipinski definition) is 5. The van der Waals surface area contributed by atoms with Gasteiger partial charge in [-0.2, -0.15) is 0 Å². The summed E-state index contributed by atoms with van der Waals surface area (Å²) < 4.78 is 13.8. The van der Waals surface area contributed by atoms with E-state index in [4.69, 9.17) is 9.47 Å². The van der Waals surface area contributed by atoms with E-state index in [1.807, 2.05) is 18.2 Å². The standard InChI is InChI=1S/C20H18BrN3O2S/c1-12-10-17-22-23-20(24(17)15-7-5-4-6-14(12)15)27-11-13-8-9-16(25-2)19(26-3)18(13)21/h4-10H,11H2,1-3H3. The number of ether oxygens (including phenoxy) is 2. The van der Waals surface area contributed by atoms with E-state index in [1.165, 1.54) is 10.9 Å². The lowest BCUT2D eigenvalue weighted by Gasteiger charge is -2.13. The molecule has 0 saturated heterocycles. The summed E-state index contributed by atoms with van der Waals surface area (Å²) in [7, 11) is 3.27. The second-order valence-electron chi connectivity index (χ2n) is 6.08. The number of benzene rings is 2. The van der Waals surface area contributed by atoms with E-state index in [-0.39, 0.29) is 0 Å². The third-order valence-electron chi connectivity index (χ3n) is 4.50. The van der Waals surface area contributed by atoms with E-state index >= 15 is 0 Å². The summed E-state index contributed by atoms with van der Waals surface area (Å²) in [5, 5.41) is 10.8. The van der Waals surface area contributed by atoms with Crippen LogP contribution in [0.4, 0.5) is 0 Å². The lowest BCUT2D eigenvalue weighted by molar-refractivity contribution is 0.353. The SMILES string of the molecule is COc1ccc(CSc2nnc3cc(C)c4ccccc4n23)c(Br)c1OC. The second-order valence-corrected chi connectivity index (χ2v) is 7.82. The van der Waals surface area contributed by atoms with E-state index in [2.05, 4.69) is 61.7 Å². The Labute approximate surface area is 169 Å². The second kappa shape index (κ2) is 7.40. The zero-order valence-corrected chi connectivity index (χ0v) is 17.6. The van der Waals surface area contributed by atoms with Crippen molar-refractivity contribution >= 4 is 44.2 Å². The Bertz CT molecular complexity index is 1140. The molecule has 5 nitrogen and oxygen atoms in total. The fourth-order valence-electron chi connectivity index (χ4n) is 3.15. The average Bonchev–Trinajstić information content (AvgIpc) is 3.09. The van der Waals surface area contributed by atoms with Gasteiger partial charge in [-0.25, -0.2) is 0 Å². The molecule has 0 amide bonds. The van der Waals surface area contributed by atoms with Crippen LogP contribution < -0.4 is 9.47 Å². The molecule has 0 atom stereocenters. The van der Waals surface area contributed by atoms with E-state index in [0.29, 0.717) is 11.5 Å². The van der Waals surface area contributed by atoms with Gasteiger partial charge in [0.15, 0.2) is 22.3 Å². The van der Waals surface area contributed by atoms with Crippen LogP contribution in [0.3, 0.4) is 0 Å². The zero-order valence-electron chi connectivity index (χ0n) is 15.2. The van der Waals surface area contributed by atoms with Crippen molar-refractivity contribution in [3.05, 3.63) is 58.1 Å². The summed E-state index contributed by atoms with van der Waals surface area (Å²) in [6.07, 6.45) is 0. The molecule has 2 aromatic heterocycles. The molecule has 0 unspecified atom stereocenters. The smallest absolute Gasteiger partial charge is 0.196 e. The highest BCUT2D eigenvalue weighted by Gasteiger charge is 2.15. The van der Waals surface area contributed by atoms with Gasteiger partial charge >= 0.3 is 0 Å². The van der Waals surface area contributed by atoms with Gasteiger partial charge in [0.2, 0.25) is 0 Å². The number of aryl methyl sites for hydroxylation is 1. The first kappa shape index (κ1) is 18.1. The van der Waals surface area contributed by atoms with Crippen molar-refractivity contribution in [2.45, 2.75) is 17.8 Å². The molecule has 2 aromatic carbocycles. The molecule has 0 N–H and O–H groups in total. The lowest BCUT2D eigenvalue weighted by Crippen LogP contribution is -1.96. The Kier molecular flexibility index (Phi) is 4.97. The molecule has 0 aliphatic carbocycles. The van der Waals surface area contributed by atoms with Crippen LogP contribution in [0.25, 0.3) is 16.6 Å². The topological polar surface area (TPSA) is 48.7 Å². The molecule has 7 heteroatoms. The van der Waals surface area contributed by atoms with E-state index < -0.39 is 0 Å². The molecule has 138 valence electrons. The molecule has 0 bridgehead atoms. The van der Waals surface area contributed by atoms with Gasteiger partial charge < -0.3 is 9.47 Å². The third kappa shape index (κ3) is 3.15. The number of hydrogen-bond donors (Lipinski definition) is 0. The van der Waals surface area contributed by atoms with Crippen molar-refractivity contribution in [2.24, 2.45) is 0 Å². The van der Waals surface area contributed by atoms with Crippen LogP contribution in [-0.2, 0) is 5.75 Å².